The topological polar surface area (TPSA) is 72.9 Å². The quantitative estimate of drug-likeness (QED) is 0.754. The van der Waals surface area contributed by atoms with E-state index in [9.17, 15) is 4.79 Å². The molecule has 1 aromatic heterocycles. The summed E-state index contributed by atoms with van der Waals surface area (Å²) in [4.78, 5) is 12.3. The van der Waals surface area contributed by atoms with Crippen molar-refractivity contribution in [3.05, 3.63) is 45.2 Å². The van der Waals surface area contributed by atoms with Crippen LogP contribution >= 0.6 is 35.6 Å². The summed E-state index contributed by atoms with van der Waals surface area (Å²) >= 11 is 12.1. The lowest BCUT2D eigenvalue weighted by atomic mass is 10.1. The van der Waals surface area contributed by atoms with Gasteiger partial charge in [0.2, 0.25) is 5.91 Å². The molecular weight excluding hydrogens is 395 g/mol. The summed E-state index contributed by atoms with van der Waals surface area (Å²) in [5.41, 5.74) is 9.51. The Bertz CT molecular complexity index is 802. The first kappa shape index (κ1) is 21.0. The van der Waals surface area contributed by atoms with E-state index in [2.05, 4.69) is 10.4 Å². The molecule has 1 aliphatic carbocycles. The van der Waals surface area contributed by atoms with Crippen molar-refractivity contribution in [2.45, 2.75) is 39.2 Å². The number of carbonyl (C=O) groups excluding carboxylic acids is 1. The fourth-order valence-corrected chi connectivity index (χ4v) is 3.24. The van der Waals surface area contributed by atoms with E-state index in [-0.39, 0.29) is 30.8 Å². The summed E-state index contributed by atoms with van der Waals surface area (Å²) in [5, 5.41) is 8.45. The first-order valence-corrected chi connectivity index (χ1v) is 9.15. The molecule has 8 heteroatoms. The predicted molar refractivity (Wildman–Crippen MR) is 108 cm³/mol. The fraction of sp³-hybridized carbons (Fsp3) is 0.444. The number of aromatic nitrogens is 2. The van der Waals surface area contributed by atoms with Gasteiger partial charge >= 0.3 is 0 Å². The summed E-state index contributed by atoms with van der Waals surface area (Å²) in [7, 11) is 0. The van der Waals surface area contributed by atoms with Gasteiger partial charge in [-0.15, -0.1) is 12.4 Å². The zero-order valence-electron chi connectivity index (χ0n) is 14.8. The summed E-state index contributed by atoms with van der Waals surface area (Å²) < 4.78 is 1.79. The van der Waals surface area contributed by atoms with E-state index in [0.29, 0.717) is 22.5 Å². The van der Waals surface area contributed by atoms with Crippen molar-refractivity contribution in [2.24, 2.45) is 11.7 Å². The molecule has 142 valence electrons. The number of amides is 1. The van der Waals surface area contributed by atoms with Gasteiger partial charge in [0.05, 0.1) is 27.8 Å². The number of nitrogens with zero attached hydrogens (tertiary/aromatic N) is 2. The van der Waals surface area contributed by atoms with Crippen molar-refractivity contribution in [3.63, 3.8) is 0 Å². The van der Waals surface area contributed by atoms with E-state index in [4.69, 9.17) is 28.9 Å². The Labute approximate surface area is 169 Å². The minimum Gasteiger partial charge on any atom is -0.354 e. The summed E-state index contributed by atoms with van der Waals surface area (Å²) in [5.74, 6) is 0.539. The number of carbonyl (C=O) groups is 1. The Kier molecular flexibility index (Phi) is 6.97. The van der Waals surface area contributed by atoms with E-state index in [1.165, 1.54) is 12.8 Å². The number of nitrogens with one attached hydrogen (secondary N) is 1. The number of nitrogens with two attached hydrogens (primary N) is 1. The number of aryl methyl sites for hydroxylation is 1. The van der Waals surface area contributed by atoms with Gasteiger partial charge in [-0.3, -0.25) is 4.79 Å². The highest BCUT2D eigenvalue weighted by Gasteiger charge is 2.28. The third-order valence-corrected chi connectivity index (χ3v) is 5.43. The van der Waals surface area contributed by atoms with Crippen molar-refractivity contribution in [1.29, 1.82) is 0 Å². The second kappa shape index (κ2) is 8.61. The predicted octanol–water partition coefficient (Wildman–Crippen LogP) is 3.61. The van der Waals surface area contributed by atoms with E-state index >= 15 is 0 Å². The van der Waals surface area contributed by atoms with Gasteiger partial charge in [-0.25, -0.2) is 4.68 Å². The van der Waals surface area contributed by atoms with Gasteiger partial charge in [0, 0.05) is 23.8 Å². The Hall–Kier alpha value is -1.27. The van der Waals surface area contributed by atoms with Gasteiger partial charge < -0.3 is 11.1 Å². The first-order chi connectivity index (χ1) is 11.9. The maximum atomic E-state index is 12.3. The molecule has 1 saturated carbocycles. The molecule has 0 aliphatic heterocycles. The standard InChI is InChI=1S/C18H22Cl2N4O.ClH/c1-10-14(8-18(25)22-9-17(21)12-3-4-12)11(2)24(23-10)13-5-6-15(19)16(20)7-13;/h5-7,12,17H,3-4,8-9,21H2,1-2H3,(H,22,25);1H. The molecule has 1 atom stereocenters. The van der Waals surface area contributed by atoms with Crippen molar-refractivity contribution in [3.8, 4) is 5.69 Å². The lowest BCUT2D eigenvalue weighted by molar-refractivity contribution is -0.120. The second-order valence-corrected chi connectivity index (χ2v) is 7.46. The van der Waals surface area contributed by atoms with Crippen LogP contribution in [0, 0.1) is 19.8 Å². The van der Waals surface area contributed by atoms with E-state index in [0.717, 1.165) is 22.6 Å². The van der Waals surface area contributed by atoms with Gasteiger partial charge in [-0.1, -0.05) is 23.2 Å². The molecule has 0 spiro atoms. The van der Waals surface area contributed by atoms with Crippen LogP contribution in [0.4, 0.5) is 0 Å². The van der Waals surface area contributed by atoms with Crippen LogP contribution in [0.1, 0.15) is 29.8 Å². The third kappa shape index (κ3) is 4.71. The highest BCUT2D eigenvalue weighted by molar-refractivity contribution is 6.42. The van der Waals surface area contributed by atoms with Gasteiger partial charge in [0.1, 0.15) is 0 Å². The van der Waals surface area contributed by atoms with E-state index < -0.39 is 0 Å². The SMILES string of the molecule is Cc1nn(-c2ccc(Cl)c(Cl)c2)c(C)c1CC(=O)NCC(N)C1CC1.Cl. The molecule has 5 nitrogen and oxygen atoms in total. The molecule has 1 fully saturated rings. The molecule has 1 unspecified atom stereocenters. The zero-order valence-corrected chi connectivity index (χ0v) is 17.1. The molecule has 0 bridgehead atoms. The van der Waals surface area contributed by atoms with Crippen LogP contribution in [0.3, 0.4) is 0 Å². The smallest absolute Gasteiger partial charge is 0.224 e. The Morgan fingerprint density at radius 2 is 2.04 bits per heavy atom. The molecule has 3 rings (SSSR count). The van der Waals surface area contributed by atoms with Crippen molar-refractivity contribution in [1.82, 2.24) is 15.1 Å². The molecule has 1 aromatic carbocycles. The van der Waals surface area contributed by atoms with Crippen LogP contribution in [0.5, 0.6) is 0 Å². The third-order valence-electron chi connectivity index (χ3n) is 4.69. The molecule has 3 N–H and O–H groups in total. The van der Waals surface area contributed by atoms with Gasteiger partial charge in [-0.05, 0) is 50.8 Å². The lowest BCUT2D eigenvalue weighted by Gasteiger charge is -2.11. The number of rotatable bonds is 6. The van der Waals surface area contributed by atoms with Crippen LogP contribution < -0.4 is 11.1 Å². The summed E-state index contributed by atoms with van der Waals surface area (Å²) in [6.45, 7) is 4.38. The molecular formula is C18H23Cl3N4O. The molecule has 1 amide bonds. The van der Waals surface area contributed by atoms with Crippen LogP contribution in [0.15, 0.2) is 18.2 Å². The molecule has 26 heavy (non-hydrogen) atoms. The first-order valence-electron chi connectivity index (χ1n) is 8.39. The highest BCUT2D eigenvalue weighted by Crippen LogP contribution is 2.31. The average molecular weight is 418 g/mol. The Morgan fingerprint density at radius 1 is 1.35 bits per heavy atom. The summed E-state index contributed by atoms with van der Waals surface area (Å²) in [6.07, 6.45) is 2.63. The van der Waals surface area contributed by atoms with Crippen molar-refractivity contribution < 1.29 is 4.79 Å². The number of halogens is 3. The lowest BCUT2D eigenvalue weighted by Crippen LogP contribution is -2.39. The minimum absolute atomic E-state index is 0. The van der Waals surface area contributed by atoms with Gasteiger partial charge in [0.25, 0.3) is 0 Å². The molecule has 2 aromatic rings. The largest absolute Gasteiger partial charge is 0.354 e. The minimum atomic E-state index is -0.0315. The molecule has 0 radical (unpaired) electrons. The molecule has 1 heterocycles. The normalized spacial score (nSPS) is 14.7. The Morgan fingerprint density at radius 3 is 2.65 bits per heavy atom. The molecule has 0 saturated heterocycles. The van der Waals surface area contributed by atoms with Gasteiger partial charge in [0.15, 0.2) is 0 Å². The second-order valence-electron chi connectivity index (χ2n) is 6.64. The maximum absolute atomic E-state index is 12.3. The van der Waals surface area contributed by atoms with Gasteiger partial charge in [-0.2, -0.15) is 5.10 Å². The fourth-order valence-electron chi connectivity index (χ4n) is 2.94. The summed E-state index contributed by atoms with van der Waals surface area (Å²) in [6, 6.07) is 5.42. The van der Waals surface area contributed by atoms with Crippen molar-refractivity contribution in [2.75, 3.05) is 6.54 Å². The Balaban J connectivity index is 0.00000243. The zero-order chi connectivity index (χ0) is 18.1. The monoisotopic (exact) mass is 416 g/mol. The number of hydrogen-bond acceptors (Lipinski definition) is 3. The van der Waals surface area contributed by atoms with E-state index in [1.54, 1.807) is 16.8 Å². The van der Waals surface area contributed by atoms with Crippen LogP contribution in [-0.4, -0.2) is 28.3 Å². The van der Waals surface area contributed by atoms with Crippen LogP contribution in [-0.2, 0) is 11.2 Å². The number of benzene rings is 1. The maximum Gasteiger partial charge on any atom is 0.224 e. The van der Waals surface area contributed by atoms with Crippen LogP contribution in [0.25, 0.3) is 5.69 Å². The highest BCUT2D eigenvalue weighted by atomic mass is 35.5. The van der Waals surface area contributed by atoms with Crippen LogP contribution in [0.2, 0.25) is 10.0 Å². The molecule has 1 aliphatic rings. The van der Waals surface area contributed by atoms with E-state index in [1.807, 2.05) is 19.9 Å². The number of hydrogen-bond donors (Lipinski definition) is 2. The average Bonchev–Trinajstić information content (AvgIpc) is 3.38. The van der Waals surface area contributed by atoms with Crippen molar-refractivity contribution >= 4 is 41.5 Å².